The van der Waals surface area contributed by atoms with Gasteiger partial charge in [0.1, 0.15) is 17.3 Å². The zero-order valence-electron chi connectivity index (χ0n) is 8.85. The van der Waals surface area contributed by atoms with Crippen LogP contribution < -0.4 is 5.73 Å². The quantitative estimate of drug-likeness (QED) is 0.637. The molecule has 0 aliphatic heterocycles. The molecule has 0 unspecified atom stereocenters. The monoisotopic (exact) mass is 251 g/mol. The molecule has 0 saturated carbocycles. The zero-order valence-corrected chi connectivity index (χ0v) is 9.67. The Hall–Kier alpha value is -1.94. The average Bonchev–Trinajstić information content (AvgIpc) is 2.29. The van der Waals surface area contributed by atoms with Gasteiger partial charge in [0.2, 0.25) is 0 Å². The minimum atomic E-state index is -0.312. The summed E-state index contributed by atoms with van der Waals surface area (Å²) in [6, 6.07) is 11.3. The molecule has 0 fully saturated rings. The molecule has 0 spiro atoms. The van der Waals surface area contributed by atoms with Gasteiger partial charge in [0, 0.05) is 5.56 Å². The van der Waals surface area contributed by atoms with Crippen molar-refractivity contribution in [1.82, 2.24) is 4.98 Å². The number of nitrogen functional groups attached to an aromatic ring is 1. The molecule has 0 saturated heterocycles. The van der Waals surface area contributed by atoms with Gasteiger partial charge >= 0.3 is 0 Å². The molecule has 2 aromatic rings. The summed E-state index contributed by atoms with van der Waals surface area (Å²) in [5.41, 5.74) is 7.00. The number of hydrogen-bond donors (Lipinski definition) is 2. The number of nitrogens with two attached hydrogens (primary N) is 1. The smallest absolute Gasteiger partial charge is 0.141 e. The third-order valence-electron chi connectivity index (χ3n) is 2.15. The van der Waals surface area contributed by atoms with E-state index >= 15 is 0 Å². The van der Waals surface area contributed by atoms with Crippen molar-refractivity contribution >= 4 is 18.2 Å². The van der Waals surface area contributed by atoms with Gasteiger partial charge in [-0.2, -0.15) is 0 Å². The fourth-order valence-electron chi connectivity index (χ4n) is 1.39. The minimum absolute atomic E-state index is 0. The van der Waals surface area contributed by atoms with Crippen LogP contribution in [0.15, 0.2) is 42.5 Å². The number of nitrogens with zero attached hydrogens (tertiary/aromatic N) is 1. The Labute approximate surface area is 104 Å². The number of halogens is 2. The van der Waals surface area contributed by atoms with Crippen LogP contribution in [-0.4, -0.2) is 10.8 Å². The lowest BCUT2D eigenvalue weighted by Crippen LogP contribution is -2.13. The van der Waals surface area contributed by atoms with Crippen molar-refractivity contribution < 1.29 is 4.39 Å². The summed E-state index contributed by atoms with van der Waals surface area (Å²) in [6.45, 7) is 0. The van der Waals surface area contributed by atoms with Crippen LogP contribution >= 0.6 is 12.4 Å². The van der Waals surface area contributed by atoms with Gasteiger partial charge in [0.25, 0.3) is 0 Å². The number of benzene rings is 1. The highest BCUT2D eigenvalue weighted by molar-refractivity contribution is 5.93. The number of hydrogen-bond acceptors (Lipinski definition) is 2. The summed E-state index contributed by atoms with van der Waals surface area (Å²) in [4.78, 5) is 4.17. The normalized spacial score (nSPS) is 9.47. The topological polar surface area (TPSA) is 62.8 Å². The summed E-state index contributed by atoms with van der Waals surface area (Å²) < 4.78 is 13.0. The maximum atomic E-state index is 13.0. The Morgan fingerprint density at radius 3 is 2.53 bits per heavy atom. The van der Waals surface area contributed by atoms with E-state index in [1.807, 2.05) is 0 Å². The van der Waals surface area contributed by atoms with Crippen LogP contribution in [0.4, 0.5) is 4.39 Å². The molecule has 0 radical (unpaired) electrons. The predicted molar refractivity (Wildman–Crippen MR) is 67.9 cm³/mol. The maximum absolute atomic E-state index is 13.0. The summed E-state index contributed by atoms with van der Waals surface area (Å²) in [6.07, 6.45) is 0. The van der Waals surface area contributed by atoms with Crippen molar-refractivity contribution in [1.29, 1.82) is 5.41 Å². The van der Waals surface area contributed by atoms with Crippen LogP contribution in [0, 0.1) is 11.2 Å². The number of aromatic nitrogens is 1. The number of amidine groups is 1. The molecule has 1 heterocycles. The van der Waals surface area contributed by atoms with Crippen molar-refractivity contribution in [3.8, 4) is 11.3 Å². The minimum Gasteiger partial charge on any atom is -0.382 e. The third-order valence-corrected chi connectivity index (χ3v) is 2.15. The van der Waals surface area contributed by atoms with E-state index in [1.165, 1.54) is 12.1 Å². The van der Waals surface area contributed by atoms with Crippen molar-refractivity contribution in [3.05, 3.63) is 54.0 Å². The molecule has 2 rings (SSSR count). The van der Waals surface area contributed by atoms with Crippen molar-refractivity contribution in [2.45, 2.75) is 0 Å². The van der Waals surface area contributed by atoms with E-state index < -0.39 is 0 Å². The first-order valence-electron chi connectivity index (χ1n) is 4.74. The summed E-state index contributed by atoms with van der Waals surface area (Å²) >= 11 is 0. The fraction of sp³-hybridized carbons (Fsp3) is 0. The molecule has 1 aromatic carbocycles. The van der Waals surface area contributed by atoms with Gasteiger partial charge in [-0.1, -0.05) is 18.2 Å². The van der Waals surface area contributed by atoms with E-state index in [4.69, 9.17) is 11.1 Å². The Balaban J connectivity index is 0.00000144. The van der Waals surface area contributed by atoms with Gasteiger partial charge in [0.05, 0.1) is 5.69 Å². The molecule has 17 heavy (non-hydrogen) atoms. The Morgan fingerprint density at radius 1 is 1.18 bits per heavy atom. The van der Waals surface area contributed by atoms with Crippen molar-refractivity contribution in [2.24, 2.45) is 5.73 Å². The fourth-order valence-corrected chi connectivity index (χ4v) is 1.39. The summed E-state index contributed by atoms with van der Waals surface area (Å²) in [7, 11) is 0. The molecule has 5 heteroatoms. The van der Waals surface area contributed by atoms with Gasteiger partial charge < -0.3 is 5.73 Å². The van der Waals surface area contributed by atoms with Crippen LogP contribution in [-0.2, 0) is 0 Å². The van der Waals surface area contributed by atoms with E-state index in [9.17, 15) is 4.39 Å². The Morgan fingerprint density at radius 2 is 1.88 bits per heavy atom. The van der Waals surface area contributed by atoms with E-state index in [0.29, 0.717) is 17.0 Å². The highest BCUT2D eigenvalue weighted by atomic mass is 35.5. The van der Waals surface area contributed by atoms with E-state index in [2.05, 4.69) is 4.98 Å². The second-order valence-electron chi connectivity index (χ2n) is 3.33. The third kappa shape index (κ3) is 3.01. The number of rotatable bonds is 2. The van der Waals surface area contributed by atoms with E-state index in [-0.39, 0.29) is 24.1 Å². The highest BCUT2D eigenvalue weighted by Gasteiger charge is 2.03. The Bertz CT molecular complexity index is 543. The van der Waals surface area contributed by atoms with Crippen LogP contribution in [0.5, 0.6) is 0 Å². The van der Waals surface area contributed by atoms with Crippen molar-refractivity contribution in [2.75, 3.05) is 0 Å². The van der Waals surface area contributed by atoms with E-state index in [1.54, 1.807) is 30.3 Å². The summed E-state index contributed by atoms with van der Waals surface area (Å²) in [5.74, 6) is -0.411. The van der Waals surface area contributed by atoms with Crippen LogP contribution in [0.1, 0.15) is 5.69 Å². The number of pyridine rings is 1. The first kappa shape index (κ1) is 13.1. The molecule has 0 aliphatic rings. The molecule has 1 aromatic heterocycles. The lowest BCUT2D eigenvalue weighted by Gasteiger charge is -2.03. The molecular weight excluding hydrogens is 241 g/mol. The van der Waals surface area contributed by atoms with Crippen LogP contribution in [0.2, 0.25) is 0 Å². The average molecular weight is 252 g/mol. The second kappa shape index (κ2) is 5.41. The van der Waals surface area contributed by atoms with Gasteiger partial charge in [-0.15, -0.1) is 12.4 Å². The van der Waals surface area contributed by atoms with Gasteiger partial charge in [-0.25, -0.2) is 9.37 Å². The zero-order chi connectivity index (χ0) is 11.5. The highest BCUT2D eigenvalue weighted by Crippen LogP contribution is 2.17. The van der Waals surface area contributed by atoms with Gasteiger partial charge in [-0.3, -0.25) is 5.41 Å². The first-order valence-corrected chi connectivity index (χ1v) is 4.74. The van der Waals surface area contributed by atoms with Crippen LogP contribution in [0.25, 0.3) is 11.3 Å². The molecule has 0 aliphatic carbocycles. The maximum Gasteiger partial charge on any atom is 0.141 e. The van der Waals surface area contributed by atoms with Crippen molar-refractivity contribution in [3.63, 3.8) is 0 Å². The molecule has 0 amide bonds. The largest absolute Gasteiger partial charge is 0.382 e. The molecule has 3 nitrogen and oxygen atoms in total. The Kier molecular flexibility index (Phi) is 4.17. The summed E-state index contributed by atoms with van der Waals surface area (Å²) in [5, 5.41) is 7.28. The lowest BCUT2D eigenvalue weighted by atomic mass is 10.1. The second-order valence-corrected chi connectivity index (χ2v) is 3.33. The first-order chi connectivity index (χ1) is 7.66. The number of nitrogens with one attached hydrogen (secondary N) is 1. The SMILES string of the molecule is Cl.N=C(N)c1cccc(-c2cccc(F)c2)n1. The molecule has 3 N–H and O–H groups in total. The van der Waals surface area contributed by atoms with E-state index in [0.717, 1.165) is 0 Å². The molecule has 88 valence electrons. The molecule has 0 atom stereocenters. The van der Waals surface area contributed by atoms with Gasteiger partial charge in [-0.05, 0) is 24.3 Å². The van der Waals surface area contributed by atoms with Crippen LogP contribution in [0.3, 0.4) is 0 Å². The molecule has 0 bridgehead atoms. The standard InChI is InChI=1S/C12H10FN3.ClH/c13-9-4-1-3-8(7-9)10-5-2-6-11(16-10)12(14)15;/h1-7H,(H3,14,15);1H. The predicted octanol–water partition coefficient (Wildman–Crippen LogP) is 2.59. The molecular formula is C12H11ClFN3. The lowest BCUT2D eigenvalue weighted by molar-refractivity contribution is 0.628. The van der Waals surface area contributed by atoms with Gasteiger partial charge in [0.15, 0.2) is 0 Å².